The molecule has 1 aliphatic heterocycles. The molecule has 2 amide bonds. The fourth-order valence-electron chi connectivity index (χ4n) is 3.65. The molecule has 0 spiro atoms. The minimum Gasteiger partial charge on any atom is -0.459 e. The highest BCUT2D eigenvalue weighted by molar-refractivity contribution is 6.40. The minimum absolute atomic E-state index is 0.0599. The summed E-state index contributed by atoms with van der Waals surface area (Å²) in [5.74, 6) is -0.791. The van der Waals surface area contributed by atoms with Crippen molar-refractivity contribution < 1.29 is 18.4 Å². The van der Waals surface area contributed by atoms with Gasteiger partial charge in [-0.05, 0) is 44.2 Å². The Morgan fingerprint density at radius 2 is 1.93 bits per heavy atom. The highest BCUT2D eigenvalue weighted by atomic mass is 19.1. The van der Waals surface area contributed by atoms with Crippen LogP contribution in [0.25, 0.3) is 11.0 Å². The minimum atomic E-state index is -0.820. The predicted molar refractivity (Wildman–Crippen MR) is 111 cm³/mol. The number of fused-ring (bicyclic) bond motifs is 1. The standard InChI is InChI=1S/C22H21FN4O3/c1-12-16-5-3-4-6-19(16)30-20(12)13(2)25-22(29)17-11-18(21(24)28)27(26-17)15-9-7-14(23)8-10-15/h3-10,13,18H,11H2,1-2H3,(H2,24,28)(H,25,29). The van der Waals surface area contributed by atoms with Gasteiger partial charge in [-0.3, -0.25) is 14.6 Å². The van der Waals surface area contributed by atoms with Crippen LogP contribution in [0.15, 0.2) is 58.0 Å². The first-order valence-corrected chi connectivity index (χ1v) is 9.55. The van der Waals surface area contributed by atoms with Crippen molar-refractivity contribution in [2.24, 2.45) is 10.8 Å². The van der Waals surface area contributed by atoms with Crippen molar-refractivity contribution in [2.45, 2.75) is 32.4 Å². The van der Waals surface area contributed by atoms with Gasteiger partial charge in [0.1, 0.15) is 28.9 Å². The van der Waals surface area contributed by atoms with Crippen molar-refractivity contribution in [3.8, 4) is 0 Å². The normalized spacial score (nSPS) is 17.1. The van der Waals surface area contributed by atoms with Gasteiger partial charge in [-0.2, -0.15) is 5.10 Å². The van der Waals surface area contributed by atoms with E-state index >= 15 is 0 Å². The van der Waals surface area contributed by atoms with Crippen LogP contribution >= 0.6 is 0 Å². The summed E-state index contributed by atoms with van der Waals surface area (Å²) < 4.78 is 19.1. The first kappa shape index (κ1) is 19.6. The summed E-state index contributed by atoms with van der Waals surface area (Å²) >= 11 is 0. The van der Waals surface area contributed by atoms with E-state index in [0.29, 0.717) is 11.4 Å². The predicted octanol–water partition coefficient (Wildman–Crippen LogP) is 3.18. The lowest BCUT2D eigenvalue weighted by molar-refractivity contribution is -0.119. The number of nitrogens with zero attached hydrogens (tertiary/aromatic N) is 2. The summed E-state index contributed by atoms with van der Waals surface area (Å²) in [5, 5.41) is 9.51. The topological polar surface area (TPSA) is 101 Å². The molecule has 0 saturated carbocycles. The lowest BCUT2D eigenvalue weighted by Gasteiger charge is -2.20. The second kappa shape index (κ2) is 7.62. The van der Waals surface area contributed by atoms with E-state index in [2.05, 4.69) is 10.4 Å². The number of para-hydroxylation sites is 1. The summed E-state index contributed by atoms with van der Waals surface area (Å²) in [6, 6.07) is 11.9. The maximum atomic E-state index is 13.2. The molecular formula is C22H21FN4O3. The maximum Gasteiger partial charge on any atom is 0.268 e. The fraction of sp³-hybridized carbons (Fsp3) is 0.227. The quantitative estimate of drug-likeness (QED) is 0.677. The van der Waals surface area contributed by atoms with Crippen LogP contribution < -0.4 is 16.1 Å². The number of hydrazone groups is 1. The molecule has 2 aromatic carbocycles. The van der Waals surface area contributed by atoms with Crippen LogP contribution in [0.2, 0.25) is 0 Å². The van der Waals surface area contributed by atoms with E-state index in [4.69, 9.17) is 10.2 Å². The second-order valence-electron chi connectivity index (χ2n) is 7.27. The molecule has 1 aromatic heterocycles. The zero-order valence-corrected chi connectivity index (χ0v) is 16.6. The number of amides is 2. The van der Waals surface area contributed by atoms with Gasteiger partial charge in [0.25, 0.3) is 5.91 Å². The van der Waals surface area contributed by atoms with E-state index in [9.17, 15) is 14.0 Å². The number of carbonyl (C=O) groups excluding carboxylic acids is 2. The van der Waals surface area contributed by atoms with Crippen LogP contribution in [0.3, 0.4) is 0 Å². The highest BCUT2D eigenvalue weighted by Gasteiger charge is 2.35. The smallest absolute Gasteiger partial charge is 0.268 e. The number of benzene rings is 2. The fourth-order valence-corrected chi connectivity index (χ4v) is 3.65. The molecule has 0 aliphatic carbocycles. The molecule has 154 valence electrons. The SMILES string of the molecule is Cc1c(C(C)NC(=O)C2=NN(c3ccc(F)cc3)C(C(N)=O)C2)oc2ccccc12. The second-order valence-corrected chi connectivity index (χ2v) is 7.27. The Morgan fingerprint density at radius 1 is 1.23 bits per heavy atom. The van der Waals surface area contributed by atoms with Crippen LogP contribution in [0, 0.1) is 12.7 Å². The monoisotopic (exact) mass is 408 g/mol. The van der Waals surface area contributed by atoms with Gasteiger partial charge in [0.15, 0.2) is 0 Å². The van der Waals surface area contributed by atoms with E-state index in [-0.39, 0.29) is 12.1 Å². The molecule has 30 heavy (non-hydrogen) atoms. The average molecular weight is 408 g/mol. The summed E-state index contributed by atoms with van der Waals surface area (Å²) in [6.45, 7) is 3.76. The van der Waals surface area contributed by atoms with E-state index in [0.717, 1.165) is 16.5 Å². The molecule has 1 aliphatic rings. The molecule has 3 aromatic rings. The number of anilines is 1. The Morgan fingerprint density at radius 3 is 2.60 bits per heavy atom. The summed E-state index contributed by atoms with van der Waals surface area (Å²) in [6.07, 6.45) is 0.0599. The van der Waals surface area contributed by atoms with Gasteiger partial charge in [0.2, 0.25) is 5.91 Å². The molecule has 2 atom stereocenters. The molecule has 8 heteroatoms. The lowest BCUT2D eigenvalue weighted by atomic mass is 10.1. The Balaban J connectivity index is 1.56. The molecule has 2 unspecified atom stereocenters. The van der Waals surface area contributed by atoms with Crippen molar-refractivity contribution in [1.29, 1.82) is 0 Å². The molecule has 0 fully saturated rings. The Hall–Kier alpha value is -3.68. The van der Waals surface area contributed by atoms with Gasteiger partial charge in [0.05, 0.1) is 11.7 Å². The van der Waals surface area contributed by atoms with Crippen LogP contribution in [0.4, 0.5) is 10.1 Å². The summed E-state index contributed by atoms with van der Waals surface area (Å²) in [5.41, 5.74) is 7.85. The number of halogens is 1. The van der Waals surface area contributed by atoms with Crippen molar-refractivity contribution in [3.05, 3.63) is 65.7 Å². The van der Waals surface area contributed by atoms with E-state index in [1.807, 2.05) is 38.1 Å². The number of rotatable bonds is 5. The van der Waals surface area contributed by atoms with Crippen LogP contribution in [-0.4, -0.2) is 23.6 Å². The number of primary amides is 1. The third kappa shape index (κ3) is 3.52. The molecule has 0 radical (unpaired) electrons. The maximum absolute atomic E-state index is 13.2. The summed E-state index contributed by atoms with van der Waals surface area (Å²) in [4.78, 5) is 24.7. The van der Waals surface area contributed by atoms with E-state index in [1.165, 1.54) is 29.3 Å². The molecule has 0 bridgehead atoms. The number of nitrogens with two attached hydrogens (primary N) is 1. The van der Waals surface area contributed by atoms with Crippen molar-refractivity contribution in [1.82, 2.24) is 5.32 Å². The molecule has 7 nitrogen and oxygen atoms in total. The number of aryl methyl sites for hydroxylation is 1. The molecule has 3 N–H and O–H groups in total. The lowest BCUT2D eigenvalue weighted by Crippen LogP contribution is -2.40. The third-order valence-corrected chi connectivity index (χ3v) is 5.21. The number of carbonyl (C=O) groups is 2. The van der Waals surface area contributed by atoms with Crippen molar-refractivity contribution in [3.63, 3.8) is 0 Å². The molecule has 2 heterocycles. The zero-order valence-electron chi connectivity index (χ0n) is 16.6. The first-order valence-electron chi connectivity index (χ1n) is 9.55. The summed E-state index contributed by atoms with van der Waals surface area (Å²) in [7, 11) is 0. The van der Waals surface area contributed by atoms with Crippen LogP contribution in [-0.2, 0) is 9.59 Å². The Bertz CT molecular complexity index is 1150. The van der Waals surface area contributed by atoms with Crippen molar-refractivity contribution in [2.75, 3.05) is 5.01 Å². The number of furan rings is 1. The van der Waals surface area contributed by atoms with Gasteiger partial charge in [-0.15, -0.1) is 0 Å². The first-order chi connectivity index (χ1) is 14.3. The van der Waals surface area contributed by atoms with Gasteiger partial charge in [0, 0.05) is 17.4 Å². The van der Waals surface area contributed by atoms with Gasteiger partial charge in [-0.25, -0.2) is 4.39 Å². The Kier molecular flexibility index (Phi) is 4.99. The highest BCUT2D eigenvalue weighted by Crippen LogP contribution is 2.30. The molecule has 4 rings (SSSR count). The van der Waals surface area contributed by atoms with Crippen molar-refractivity contribution >= 4 is 34.2 Å². The molecular weight excluding hydrogens is 387 g/mol. The van der Waals surface area contributed by atoms with Gasteiger partial charge < -0.3 is 15.5 Å². The third-order valence-electron chi connectivity index (χ3n) is 5.21. The van der Waals surface area contributed by atoms with E-state index in [1.54, 1.807) is 0 Å². The Labute approximate surface area is 172 Å². The average Bonchev–Trinajstić information content (AvgIpc) is 3.31. The largest absolute Gasteiger partial charge is 0.459 e. The number of nitrogens with one attached hydrogen (secondary N) is 1. The van der Waals surface area contributed by atoms with Gasteiger partial charge in [-0.1, -0.05) is 18.2 Å². The number of hydrogen-bond donors (Lipinski definition) is 2. The van der Waals surface area contributed by atoms with Gasteiger partial charge >= 0.3 is 0 Å². The zero-order chi connectivity index (χ0) is 21.4. The van der Waals surface area contributed by atoms with E-state index < -0.39 is 29.7 Å². The molecule has 0 saturated heterocycles. The van der Waals surface area contributed by atoms with Crippen LogP contribution in [0.5, 0.6) is 0 Å². The van der Waals surface area contributed by atoms with Crippen LogP contribution in [0.1, 0.15) is 30.7 Å². The number of hydrogen-bond acceptors (Lipinski definition) is 5.